The van der Waals surface area contributed by atoms with Crippen LogP contribution in [0.15, 0.2) is 24.3 Å². The molecule has 0 saturated carbocycles. The zero-order valence-electron chi connectivity index (χ0n) is 13.4. The number of para-hydroxylation sites is 1. The van der Waals surface area contributed by atoms with Crippen molar-refractivity contribution in [2.75, 3.05) is 31.1 Å². The first-order valence-corrected chi connectivity index (χ1v) is 7.73. The first-order valence-electron chi connectivity index (χ1n) is 7.73. The molecule has 0 fully saturated rings. The van der Waals surface area contributed by atoms with Gasteiger partial charge in [0.2, 0.25) is 17.7 Å². The number of fused-ring (bicyclic) bond motifs is 1. The maximum atomic E-state index is 12.2. The Morgan fingerprint density at radius 3 is 2.62 bits per heavy atom. The summed E-state index contributed by atoms with van der Waals surface area (Å²) in [5, 5.41) is 5.05. The molecule has 0 saturated heterocycles. The maximum Gasteiger partial charge on any atom is 0.239 e. The number of anilines is 1. The molecule has 4 N–H and O–H groups in total. The highest BCUT2D eigenvalue weighted by Crippen LogP contribution is 2.27. The van der Waals surface area contributed by atoms with E-state index in [1.807, 2.05) is 24.3 Å². The second-order valence-electron chi connectivity index (χ2n) is 5.36. The Morgan fingerprint density at radius 2 is 1.88 bits per heavy atom. The van der Waals surface area contributed by atoms with Gasteiger partial charge in [0, 0.05) is 25.2 Å². The molecule has 3 amide bonds. The Bertz CT molecular complexity index is 594. The lowest BCUT2D eigenvalue weighted by Crippen LogP contribution is -2.40. The molecule has 0 radical (unpaired) electrons. The van der Waals surface area contributed by atoms with Crippen LogP contribution in [-0.4, -0.2) is 43.9 Å². The normalized spacial score (nSPS) is 12.1. The summed E-state index contributed by atoms with van der Waals surface area (Å²) < 4.78 is 0. The molecule has 7 nitrogen and oxygen atoms in total. The van der Waals surface area contributed by atoms with Gasteiger partial charge in [0.15, 0.2) is 0 Å². The standard InChI is InChI=1S/C16H22N4O3.ClH/c17-10-14(21)19-11-15(22)18-8-3-6-16(23)20-9-7-12-4-1-2-5-13(12)20;/h1-2,4-5H,3,6-11,17H2,(H,18,22)(H,19,21);1H. The predicted octanol–water partition coefficient (Wildman–Crippen LogP) is -0.0312. The van der Waals surface area contributed by atoms with Crippen LogP contribution in [0.3, 0.4) is 0 Å². The molecule has 0 aliphatic carbocycles. The van der Waals surface area contributed by atoms with Crippen LogP contribution in [0.1, 0.15) is 18.4 Å². The van der Waals surface area contributed by atoms with Gasteiger partial charge in [-0.1, -0.05) is 18.2 Å². The zero-order chi connectivity index (χ0) is 16.7. The molecular formula is C16H23ClN4O3. The lowest BCUT2D eigenvalue weighted by Gasteiger charge is -2.17. The van der Waals surface area contributed by atoms with Gasteiger partial charge in [-0.05, 0) is 24.5 Å². The van der Waals surface area contributed by atoms with E-state index >= 15 is 0 Å². The molecule has 0 bridgehead atoms. The number of amides is 3. The molecule has 1 aromatic carbocycles. The third-order valence-corrected chi connectivity index (χ3v) is 3.71. The fourth-order valence-corrected chi connectivity index (χ4v) is 2.51. The first-order chi connectivity index (χ1) is 11.1. The maximum absolute atomic E-state index is 12.2. The van der Waals surface area contributed by atoms with Crippen LogP contribution < -0.4 is 21.3 Å². The van der Waals surface area contributed by atoms with Gasteiger partial charge in [0.1, 0.15) is 0 Å². The van der Waals surface area contributed by atoms with Crippen LogP contribution in [0.25, 0.3) is 0 Å². The Balaban J connectivity index is 0.00000288. The van der Waals surface area contributed by atoms with E-state index in [0.29, 0.717) is 19.4 Å². The highest BCUT2D eigenvalue weighted by atomic mass is 35.5. The van der Waals surface area contributed by atoms with Crippen molar-refractivity contribution in [2.24, 2.45) is 5.73 Å². The van der Waals surface area contributed by atoms with Crippen LogP contribution >= 0.6 is 12.4 Å². The number of nitrogens with one attached hydrogen (secondary N) is 2. The second kappa shape index (κ2) is 9.89. The summed E-state index contributed by atoms with van der Waals surface area (Å²) in [6.45, 7) is 0.886. The predicted molar refractivity (Wildman–Crippen MR) is 94.1 cm³/mol. The summed E-state index contributed by atoms with van der Waals surface area (Å²) in [5.41, 5.74) is 7.31. The van der Waals surface area contributed by atoms with Crippen molar-refractivity contribution >= 4 is 35.8 Å². The molecule has 24 heavy (non-hydrogen) atoms. The molecule has 1 heterocycles. The SMILES string of the molecule is Cl.NCC(=O)NCC(=O)NCCCC(=O)N1CCc2ccccc21. The minimum absolute atomic E-state index is 0. The second-order valence-corrected chi connectivity index (χ2v) is 5.36. The molecule has 0 atom stereocenters. The molecular weight excluding hydrogens is 332 g/mol. The van der Waals surface area contributed by atoms with Crippen molar-refractivity contribution in [1.29, 1.82) is 0 Å². The van der Waals surface area contributed by atoms with Crippen molar-refractivity contribution in [3.05, 3.63) is 29.8 Å². The van der Waals surface area contributed by atoms with E-state index in [1.165, 1.54) is 5.56 Å². The number of halogens is 1. The summed E-state index contributed by atoms with van der Waals surface area (Å²) in [6.07, 6.45) is 1.83. The quantitative estimate of drug-likeness (QED) is 0.598. The Labute approximate surface area is 147 Å². The van der Waals surface area contributed by atoms with Crippen molar-refractivity contribution in [3.8, 4) is 0 Å². The monoisotopic (exact) mass is 354 g/mol. The molecule has 132 valence electrons. The fraction of sp³-hybridized carbons (Fsp3) is 0.438. The average Bonchev–Trinajstić information content (AvgIpc) is 3.00. The molecule has 0 unspecified atom stereocenters. The fourth-order valence-electron chi connectivity index (χ4n) is 2.51. The first kappa shape index (κ1) is 19.9. The Morgan fingerprint density at radius 1 is 1.12 bits per heavy atom. The van der Waals surface area contributed by atoms with Crippen molar-refractivity contribution in [1.82, 2.24) is 10.6 Å². The molecule has 2 rings (SSSR count). The lowest BCUT2D eigenvalue weighted by molar-refractivity contribution is -0.125. The van der Waals surface area contributed by atoms with Crippen molar-refractivity contribution in [2.45, 2.75) is 19.3 Å². The van der Waals surface area contributed by atoms with Crippen LogP contribution in [-0.2, 0) is 20.8 Å². The summed E-state index contributed by atoms with van der Waals surface area (Å²) >= 11 is 0. The third kappa shape index (κ3) is 5.50. The van der Waals surface area contributed by atoms with E-state index in [0.717, 1.165) is 18.7 Å². The molecule has 0 spiro atoms. The summed E-state index contributed by atoms with van der Waals surface area (Å²) in [6, 6.07) is 7.91. The average molecular weight is 355 g/mol. The van der Waals surface area contributed by atoms with E-state index < -0.39 is 0 Å². The van der Waals surface area contributed by atoms with Crippen LogP contribution in [0, 0.1) is 0 Å². The molecule has 0 aromatic heterocycles. The van der Waals surface area contributed by atoms with E-state index in [-0.39, 0.29) is 43.2 Å². The number of nitrogens with two attached hydrogens (primary N) is 1. The number of rotatable bonds is 7. The number of hydrogen-bond acceptors (Lipinski definition) is 4. The van der Waals surface area contributed by atoms with Gasteiger partial charge >= 0.3 is 0 Å². The van der Waals surface area contributed by atoms with E-state index in [9.17, 15) is 14.4 Å². The topological polar surface area (TPSA) is 105 Å². The molecule has 8 heteroatoms. The summed E-state index contributed by atoms with van der Waals surface area (Å²) in [7, 11) is 0. The van der Waals surface area contributed by atoms with Crippen LogP contribution in [0.5, 0.6) is 0 Å². The van der Waals surface area contributed by atoms with Gasteiger partial charge in [-0.25, -0.2) is 0 Å². The van der Waals surface area contributed by atoms with Gasteiger partial charge in [-0.3, -0.25) is 14.4 Å². The number of carbonyl (C=O) groups excluding carboxylic acids is 3. The molecule has 1 aromatic rings. The third-order valence-electron chi connectivity index (χ3n) is 3.71. The highest BCUT2D eigenvalue weighted by molar-refractivity contribution is 5.95. The van der Waals surface area contributed by atoms with Gasteiger partial charge in [-0.15, -0.1) is 12.4 Å². The Kier molecular flexibility index (Phi) is 8.21. The van der Waals surface area contributed by atoms with Gasteiger partial charge in [-0.2, -0.15) is 0 Å². The number of nitrogens with zero attached hydrogens (tertiary/aromatic N) is 1. The van der Waals surface area contributed by atoms with Gasteiger partial charge in [0.05, 0.1) is 13.1 Å². The van der Waals surface area contributed by atoms with E-state index in [2.05, 4.69) is 10.6 Å². The van der Waals surface area contributed by atoms with Gasteiger partial charge < -0.3 is 21.3 Å². The van der Waals surface area contributed by atoms with Gasteiger partial charge in [0.25, 0.3) is 0 Å². The van der Waals surface area contributed by atoms with E-state index in [4.69, 9.17) is 5.73 Å². The number of hydrogen-bond donors (Lipinski definition) is 3. The molecule has 1 aliphatic heterocycles. The van der Waals surface area contributed by atoms with Crippen LogP contribution in [0.2, 0.25) is 0 Å². The minimum atomic E-state index is -0.372. The lowest BCUT2D eigenvalue weighted by atomic mass is 10.2. The van der Waals surface area contributed by atoms with E-state index in [1.54, 1.807) is 4.90 Å². The summed E-state index contributed by atoms with van der Waals surface area (Å²) in [5.74, 6) is -0.588. The van der Waals surface area contributed by atoms with Crippen LogP contribution in [0.4, 0.5) is 5.69 Å². The number of carbonyl (C=O) groups is 3. The van der Waals surface area contributed by atoms with Crippen molar-refractivity contribution in [3.63, 3.8) is 0 Å². The Hall–Kier alpha value is -2.12. The largest absolute Gasteiger partial charge is 0.355 e. The minimum Gasteiger partial charge on any atom is -0.355 e. The molecule has 1 aliphatic rings. The zero-order valence-corrected chi connectivity index (χ0v) is 14.2. The van der Waals surface area contributed by atoms with Crippen molar-refractivity contribution < 1.29 is 14.4 Å². The highest BCUT2D eigenvalue weighted by Gasteiger charge is 2.23. The smallest absolute Gasteiger partial charge is 0.239 e. The summed E-state index contributed by atoms with van der Waals surface area (Å²) in [4.78, 5) is 36.4. The number of benzene rings is 1.